The molecule has 0 saturated carbocycles. The third-order valence-corrected chi connectivity index (χ3v) is 2.61. The van der Waals surface area contributed by atoms with E-state index in [-0.39, 0.29) is 6.04 Å². The zero-order valence-corrected chi connectivity index (χ0v) is 10.1. The monoisotopic (exact) mass is 219 g/mol. The molecule has 0 bridgehead atoms. The molecule has 0 aliphatic rings. The number of hydrogen-bond acceptors (Lipinski definition) is 3. The van der Waals surface area contributed by atoms with Crippen LogP contribution in [0, 0.1) is 6.92 Å². The van der Waals surface area contributed by atoms with E-state index < -0.39 is 0 Å². The van der Waals surface area contributed by atoms with E-state index in [2.05, 4.69) is 22.4 Å². The highest BCUT2D eigenvalue weighted by atomic mass is 15.3. The molecule has 0 aliphatic heterocycles. The van der Waals surface area contributed by atoms with Crippen LogP contribution in [0.5, 0.6) is 0 Å². The van der Waals surface area contributed by atoms with E-state index in [0.717, 1.165) is 11.4 Å². The summed E-state index contributed by atoms with van der Waals surface area (Å²) in [6.45, 7) is 4.11. The van der Waals surface area contributed by atoms with Crippen LogP contribution in [-0.2, 0) is 14.1 Å². The van der Waals surface area contributed by atoms with E-state index >= 15 is 0 Å². The van der Waals surface area contributed by atoms with Gasteiger partial charge >= 0.3 is 0 Å². The molecule has 2 aromatic heterocycles. The largest absolute Gasteiger partial charge is 0.376 e. The average Bonchev–Trinajstić information content (AvgIpc) is 2.74. The van der Waals surface area contributed by atoms with Crippen molar-refractivity contribution < 1.29 is 0 Å². The van der Waals surface area contributed by atoms with Crippen molar-refractivity contribution in [1.29, 1.82) is 0 Å². The van der Waals surface area contributed by atoms with Crippen molar-refractivity contribution in [1.82, 2.24) is 19.6 Å². The Morgan fingerprint density at radius 2 is 2.00 bits per heavy atom. The summed E-state index contributed by atoms with van der Waals surface area (Å²) in [5.41, 5.74) is 3.25. The summed E-state index contributed by atoms with van der Waals surface area (Å²) >= 11 is 0. The summed E-state index contributed by atoms with van der Waals surface area (Å²) in [6.07, 6.45) is 5.88. The van der Waals surface area contributed by atoms with Gasteiger partial charge in [0.1, 0.15) is 0 Å². The fourth-order valence-electron chi connectivity index (χ4n) is 1.72. The van der Waals surface area contributed by atoms with Crippen molar-refractivity contribution in [3.63, 3.8) is 0 Å². The Labute approximate surface area is 95.1 Å². The molecule has 1 N–H and O–H groups in total. The van der Waals surface area contributed by atoms with Gasteiger partial charge in [0.15, 0.2) is 0 Å². The van der Waals surface area contributed by atoms with Crippen molar-refractivity contribution in [3.05, 3.63) is 29.8 Å². The molecule has 5 nitrogen and oxygen atoms in total. The van der Waals surface area contributed by atoms with E-state index in [4.69, 9.17) is 0 Å². The van der Waals surface area contributed by atoms with Gasteiger partial charge in [-0.3, -0.25) is 9.36 Å². The predicted molar refractivity (Wildman–Crippen MR) is 63.2 cm³/mol. The van der Waals surface area contributed by atoms with Gasteiger partial charge < -0.3 is 5.32 Å². The Kier molecular flexibility index (Phi) is 2.68. The Bertz CT molecular complexity index is 482. The van der Waals surface area contributed by atoms with Gasteiger partial charge in [-0.2, -0.15) is 10.2 Å². The molecular formula is C11H17N5. The fourth-order valence-corrected chi connectivity index (χ4v) is 1.72. The maximum Gasteiger partial charge on any atom is 0.0825 e. The van der Waals surface area contributed by atoms with Crippen molar-refractivity contribution in [2.45, 2.75) is 19.9 Å². The minimum absolute atomic E-state index is 0.233. The SMILES string of the molecule is Cc1nn(C)cc1NC(C)c1cnn(C)c1. The highest BCUT2D eigenvalue weighted by molar-refractivity contribution is 5.47. The molecule has 1 atom stereocenters. The highest BCUT2D eigenvalue weighted by Gasteiger charge is 2.10. The summed E-state index contributed by atoms with van der Waals surface area (Å²) in [7, 11) is 3.85. The summed E-state index contributed by atoms with van der Waals surface area (Å²) in [4.78, 5) is 0. The minimum atomic E-state index is 0.233. The van der Waals surface area contributed by atoms with Crippen LogP contribution in [0.25, 0.3) is 0 Å². The normalized spacial score (nSPS) is 12.8. The molecule has 5 heteroatoms. The van der Waals surface area contributed by atoms with Crippen LogP contribution < -0.4 is 5.32 Å². The molecule has 86 valence electrons. The second kappa shape index (κ2) is 4.00. The summed E-state index contributed by atoms with van der Waals surface area (Å²) in [5.74, 6) is 0. The molecule has 16 heavy (non-hydrogen) atoms. The lowest BCUT2D eigenvalue weighted by Gasteiger charge is -2.12. The van der Waals surface area contributed by atoms with Crippen LogP contribution in [0.1, 0.15) is 24.2 Å². The first-order chi connectivity index (χ1) is 7.56. The van der Waals surface area contributed by atoms with Gasteiger partial charge in [-0.05, 0) is 13.8 Å². The van der Waals surface area contributed by atoms with Gasteiger partial charge in [-0.1, -0.05) is 0 Å². The lowest BCUT2D eigenvalue weighted by atomic mass is 10.2. The Morgan fingerprint density at radius 3 is 2.50 bits per heavy atom. The van der Waals surface area contributed by atoms with E-state index in [1.165, 1.54) is 5.56 Å². The number of anilines is 1. The maximum atomic E-state index is 4.30. The molecule has 0 aliphatic carbocycles. The first kappa shape index (κ1) is 10.7. The minimum Gasteiger partial charge on any atom is -0.376 e. The van der Waals surface area contributed by atoms with Crippen LogP contribution in [-0.4, -0.2) is 19.6 Å². The topological polar surface area (TPSA) is 47.7 Å². The second-order valence-corrected chi connectivity index (χ2v) is 4.12. The molecular weight excluding hydrogens is 202 g/mol. The van der Waals surface area contributed by atoms with Gasteiger partial charge in [-0.25, -0.2) is 0 Å². The zero-order chi connectivity index (χ0) is 11.7. The number of nitrogens with one attached hydrogen (secondary N) is 1. The molecule has 0 spiro atoms. The van der Waals surface area contributed by atoms with Gasteiger partial charge in [0, 0.05) is 32.1 Å². The van der Waals surface area contributed by atoms with Gasteiger partial charge in [0.25, 0.3) is 0 Å². The number of hydrogen-bond donors (Lipinski definition) is 1. The van der Waals surface area contributed by atoms with Crippen LogP contribution >= 0.6 is 0 Å². The molecule has 1 unspecified atom stereocenters. The number of aryl methyl sites for hydroxylation is 3. The Balaban J connectivity index is 2.13. The van der Waals surface area contributed by atoms with Crippen molar-refractivity contribution >= 4 is 5.69 Å². The lowest BCUT2D eigenvalue weighted by molar-refractivity contribution is 0.756. The Morgan fingerprint density at radius 1 is 1.25 bits per heavy atom. The second-order valence-electron chi connectivity index (χ2n) is 4.12. The van der Waals surface area contributed by atoms with Gasteiger partial charge in [0.2, 0.25) is 0 Å². The maximum absolute atomic E-state index is 4.30. The van der Waals surface area contributed by atoms with E-state index in [0.29, 0.717) is 0 Å². The van der Waals surface area contributed by atoms with E-state index in [9.17, 15) is 0 Å². The predicted octanol–water partition coefficient (Wildman–Crippen LogP) is 1.64. The molecule has 2 aromatic rings. The molecule has 0 saturated heterocycles. The molecule has 2 rings (SSSR count). The number of nitrogens with zero attached hydrogens (tertiary/aromatic N) is 4. The molecule has 0 fully saturated rings. The Hall–Kier alpha value is -1.78. The molecule has 0 radical (unpaired) electrons. The molecule has 0 aromatic carbocycles. The van der Waals surface area contributed by atoms with Crippen LogP contribution in [0.2, 0.25) is 0 Å². The van der Waals surface area contributed by atoms with E-state index in [1.54, 1.807) is 0 Å². The van der Waals surface area contributed by atoms with Crippen LogP contribution in [0.3, 0.4) is 0 Å². The first-order valence-electron chi connectivity index (χ1n) is 5.31. The average molecular weight is 219 g/mol. The standard InChI is InChI=1S/C11H17N5/c1-8(10-5-12-15(3)6-10)13-11-7-16(4)14-9(11)2/h5-8,13H,1-4H3. The quantitative estimate of drug-likeness (QED) is 0.853. The lowest BCUT2D eigenvalue weighted by Crippen LogP contribution is -2.06. The third-order valence-electron chi connectivity index (χ3n) is 2.61. The summed E-state index contributed by atoms with van der Waals surface area (Å²) < 4.78 is 3.62. The van der Waals surface area contributed by atoms with Crippen molar-refractivity contribution in [2.75, 3.05) is 5.32 Å². The molecule has 2 heterocycles. The van der Waals surface area contributed by atoms with Gasteiger partial charge in [0.05, 0.1) is 23.6 Å². The van der Waals surface area contributed by atoms with Crippen molar-refractivity contribution in [3.8, 4) is 0 Å². The third kappa shape index (κ3) is 2.08. The first-order valence-corrected chi connectivity index (χ1v) is 5.31. The zero-order valence-electron chi connectivity index (χ0n) is 10.1. The highest BCUT2D eigenvalue weighted by Crippen LogP contribution is 2.20. The fraction of sp³-hybridized carbons (Fsp3) is 0.455. The van der Waals surface area contributed by atoms with Crippen LogP contribution in [0.4, 0.5) is 5.69 Å². The van der Waals surface area contributed by atoms with E-state index in [1.807, 2.05) is 49.0 Å². The van der Waals surface area contributed by atoms with Crippen molar-refractivity contribution in [2.24, 2.45) is 14.1 Å². The smallest absolute Gasteiger partial charge is 0.0825 e. The number of rotatable bonds is 3. The van der Waals surface area contributed by atoms with Gasteiger partial charge in [-0.15, -0.1) is 0 Å². The number of aromatic nitrogens is 4. The van der Waals surface area contributed by atoms with Crippen LogP contribution in [0.15, 0.2) is 18.6 Å². The summed E-state index contributed by atoms with van der Waals surface area (Å²) in [6, 6.07) is 0.233. The molecule has 0 amide bonds. The summed E-state index contributed by atoms with van der Waals surface area (Å²) in [5, 5.41) is 11.9.